The van der Waals surface area contributed by atoms with Crippen LogP contribution >= 0.6 is 0 Å². The molecule has 1 atom stereocenters. The van der Waals surface area contributed by atoms with Gasteiger partial charge in [0.1, 0.15) is 17.7 Å². The van der Waals surface area contributed by atoms with E-state index in [1.807, 2.05) is 5.32 Å². The standard InChI is InChI=1S/C12H14F2N2O3/c1-7(9-4-3-8(13)5-10(9)14)15-6-11(17)16-12(18)19-2/h3-5,7,15H,6H2,1-2H3,(H,16,17,18)/p+1/t7-/m0/s1. The summed E-state index contributed by atoms with van der Waals surface area (Å²) in [6.45, 7) is 1.59. The van der Waals surface area contributed by atoms with Crippen LogP contribution in [0.25, 0.3) is 0 Å². The van der Waals surface area contributed by atoms with E-state index in [9.17, 15) is 18.4 Å². The molecule has 5 nitrogen and oxygen atoms in total. The summed E-state index contributed by atoms with van der Waals surface area (Å²) < 4.78 is 30.5. The molecule has 0 aliphatic heterocycles. The molecule has 3 N–H and O–H groups in total. The number of alkyl carbamates (subject to hydrolysis) is 1. The number of halogens is 2. The zero-order valence-corrected chi connectivity index (χ0v) is 10.6. The third kappa shape index (κ3) is 4.63. The van der Waals surface area contributed by atoms with Gasteiger partial charge in [0.2, 0.25) is 0 Å². The molecule has 0 fully saturated rings. The lowest BCUT2D eigenvalue weighted by molar-refractivity contribution is -0.682. The zero-order chi connectivity index (χ0) is 14.4. The largest absolute Gasteiger partial charge is 0.453 e. The van der Waals surface area contributed by atoms with Crippen LogP contribution in [-0.2, 0) is 9.53 Å². The predicted molar refractivity (Wildman–Crippen MR) is 62.1 cm³/mol. The first-order valence-electron chi connectivity index (χ1n) is 5.60. The van der Waals surface area contributed by atoms with Crippen LogP contribution in [0.4, 0.5) is 13.6 Å². The van der Waals surface area contributed by atoms with E-state index < -0.39 is 23.6 Å². The number of carbonyl (C=O) groups excluding carboxylic acids is 2. The van der Waals surface area contributed by atoms with Crippen LogP contribution in [0.5, 0.6) is 0 Å². The molecule has 19 heavy (non-hydrogen) atoms. The van der Waals surface area contributed by atoms with Crippen molar-refractivity contribution in [2.45, 2.75) is 13.0 Å². The van der Waals surface area contributed by atoms with E-state index in [1.165, 1.54) is 11.4 Å². The van der Waals surface area contributed by atoms with Crippen molar-refractivity contribution in [1.29, 1.82) is 0 Å². The Morgan fingerprint density at radius 2 is 2.11 bits per heavy atom. The van der Waals surface area contributed by atoms with Crippen molar-refractivity contribution in [1.82, 2.24) is 5.32 Å². The minimum Gasteiger partial charge on any atom is -0.453 e. The van der Waals surface area contributed by atoms with E-state index in [2.05, 4.69) is 4.74 Å². The highest BCUT2D eigenvalue weighted by Crippen LogP contribution is 2.14. The monoisotopic (exact) mass is 273 g/mol. The van der Waals surface area contributed by atoms with E-state index in [0.29, 0.717) is 0 Å². The third-order valence-corrected chi connectivity index (χ3v) is 2.54. The number of quaternary nitrogens is 1. The Balaban J connectivity index is 2.53. The number of hydrogen-bond acceptors (Lipinski definition) is 3. The van der Waals surface area contributed by atoms with Gasteiger partial charge in [0.15, 0.2) is 6.54 Å². The van der Waals surface area contributed by atoms with Gasteiger partial charge in [-0.2, -0.15) is 0 Å². The second-order valence-electron chi connectivity index (χ2n) is 3.93. The molecule has 1 aromatic carbocycles. The van der Waals surface area contributed by atoms with Crippen molar-refractivity contribution in [2.24, 2.45) is 0 Å². The van der Waals surface area contributed by atoms with E-state index >= 15 is 0 Å². The number of rotatable bonds is 4. The SMILES string of the molecule is COC(=O)NC(=O)C[NH2+][C@@H](C)c1ccc(F)cc1F. The maximum atomic E-state index is 13.5. The Morgan fingerprint density at radius 3 is 2.68 bits per heavy atom. The van der Waals surface area contributed by atoms with Crippen molar-refractivity contribution >= 4 is 12.0 Å². The fourth-order valence-corrected chi connectivity index (χ4v) is 1.50. The summed E-state index contributed by atoms with van der Waals surface area (Å²) in [6, 6.07) is 2.87. The second-order valence-corrected chi connectivity index (χ2v) is 3.93. The second kappa shape index (κ2) is 6.79. The van der Waals surface area contributed by atoms with Crippen LogP contribution in [-0.4, -0.2) is 25.7 Å². The molecule has 2 amide bonds. The van der Waals surface area contributed by atoms with Gasteiger partial charge in [0.25, 0.3) is 5.91 Å². The molecular weight excluding hydrogens is 258 g/mol. The molecular formula is C12H15F2N2O3+. The molecule has 1 rings (SSSR count). The normalized spacial score (nSPS) is 11.8. The number of nitrogens with two attached hydrogens (primary N) is 1. The van der Waals surface area contributed by atoms with Gasteiger partial charge in [-0.3, -0.25) is 10.1 Å². The smallest absolute Gasteiger partial charge is 0.413 e. The predicted octanol–water partition coefficient (Wildman–Crippen LogP) is 0.472. The fourth-order valence-electron chi connectivity index (χ4n) is 1.50. The summed E-state index contributed by atoms with van der Waals surface area (Å²) >= 11 is 0. The first-order valence-corrected chi connectivity index (χ1v) is 5.60. The lowest BCUT2D eigenvalue weighted by atomic mass is 10.1. The molecule has 0 radical (unpaired) electrons. The number of imide groups is 1. The fraction of sp³-hybridized carbons (Fsp3) is 0.333. The first kappa shape index (κ1) is 15.0. The first-order chi connectivity index (χ1) is 8.93. The van der Waals surface area contributed by atoms with Crippen LogP contribution < -0.4 is 10.6 Å². The maximum absolute atomic E-state index is 13.5. The number of nitrogens with one attached hydrogen (secondary N) is 1. The number of hydrogen-bond donors (Lipinski definition) is 2. The average molecular weight is 273 g/mol. The quantitative estimate of drug-likeness (QED) is 0.837. The topological polar surface area (TPSA) is 72.0 Å². The highest BCUT2D eigenvalue weighted by atomic mass is 19.1. The molecule has 0 bridgehead atoms. The summed E-state index contributed by atoms with van der Waals surface area (Å²) in [7, 11) is 1.14. The molecule has 0 unspecified atom stereocenters. The number of carbonyl (C=O) groups is 2. The highest BCUT2D eigenvalue weighted by Gasteiger charge is 2.17. The maximum Gasteiger partial charge on any atom is 0.413 e. The lowest BCUT2D eigenvalue weighted by Crippen LogP contribution is -2.87. The van der Waals surface area contributed by atoms with Crippen molar-refractivity contribution in [3.63, 3.8) is 0 Å². The number of benzene rings is 1. The van der Waals surface area contributed by atoms with Gasteiger partial charge in [-0.1, -0.05) is 0 Å². The van der Waals surface area contributed by atoms with Crippen LogP contribution in [0.2, 0.25) is 0 Å². The summed E-state index contributed by atoms with van der Waals surface area (Å²) in [5, 5.41) is 3.50. The zero-order valence-electron chi connectivity index (χ0n) is 10.6. The Kier molecular flexibility index (Phi) is 5.37. The molecule has 0 heterocycles. The van der Waals surface area contributed by atoms with Gasteiger partial charge >= 0.3 is 6.09 Å². The summed E-state index contributed by atoms with van der Waals surface area (Å²) in [6.07, 6.45) is -0.848. The van der Waals surface area contributed by atoms with Crippen molar-refractivity contribution in [3.8, 4) is 0 Å². The van der Waals surface area contributed by atoms with Gasteiger partial charge in [-0.25, -0.2) is 13.6 Å². The number of methoxy groups -OCH3 is 1. The molecule has 0 aliphatic carbocycles. The Labute approximate surface area is 108 Å². The molecule has 0 aromatic heterocycles. The van der Waals surface area contributed by atoms with E-state index in [-0.39, 0.29) is 18.2 Å². The third-order valence-electron chi connectivity index (χ3n) is 2.54. The van der Waals surface area contributed by atoms with Crippen molar-refractivity contribution in [2.75, 3.05) is 13.7 Å². The van der Waals surface area contributed by atoms with Crippen LogP contribution in [0.3, 0.4) is 0 Å². The number of amides is 2. The van der Waals surface area contributed by atoms with Crippen LogP contribution in [0.1, 0.15) is 18.5 Å². The van der Waals surface area contributed by atoms with E-state index in [4.69, 9.17) is 0 Å². The van der Waals surface area contributed by atoms with Gasteiger partial charge in [0.05, 0.1) is 7.11 Å². The molecule has 0 saturated carbocycles. The number of ether oxygens (including phenoxy) is 1. The molecule has 0 saturated heterocycles. The van der Waals surface area contributed by atoms with Crippen molar-refractivity contribution < 1.29 is 28.4 Å². The minimum absolute atomic E-state index is 0.0763. The molecule has 0 aliphatic rings. The Morgan fingerprint density at radius 1 is 1.42 bits per heavy atom. The Bertz CT molecular complexity index is 480. The summed E-state index contributed by atoms with van der Waals surface area (Å²) in [5.74, 6) is -1.88. The Hall–Kier alpha value is -2.02. The molecule has 0 spiro atoms. The van der Waals surface area contributed by atoms with Gasteiger partial charge in [-0.05, 0) is 19.1 Å². The van der Waals surface area contributed by atoms with Crippen molar-refractivity contribution in [3.05, 3.63) is 35.4 Å². The molecule has 7 heteroatoms. The average Bonchev–Trinajstić information content (AvgIpc) is 2.35. The van der Waals surface area contributed by atoms with Gasteiger partial charge in [-0.15, -0.1) is 0 Å². The summed E-state index contributed by atoms with van der Waals surface area (Å²) in [5.41, 5.74) is 0.285. The minimum atomic E-state index is -0.848. The van der Waals surface area contributed by atoms with E-state index in [1.54, 1.807) is 6.92 Å². The van der Waals surface area contributed by atoms with Crippen LogP contribution in [0, 0.1) is 11.6 Å². The highest BCUT2D eigenvalue weighted by molar-refractivity contribution is 5.92. The van der Waals surface area contributed by atoms with Gasteiger partial charge in [0, 0.05) is 11.6 Å². The summed E-state index contributed by atoms with van der Waals surface area (Å²) in [4.78, 5) is 22.0. The molecule has 104 valence electrons. The van der Waals surface area contributed by atoms with Crippen LogP contribution in [0.15, 0.2) is 18.2 Å². The lowest BCUT2D eigenvalue weighted by Gasteiger charge is -2.11. The van der Waals surface area contributed by atoms with E-state index in [0.717, 1.165) is 19.2 Å². The van der Waals surface area contributed by atoms with Gasteiger partial charge < -0.3 is 10.1 Å². The molecule has 1 aromatic rings.